The van der Waals surface area contributed by atoms with Gasteiger partial charge in [0.05, 0.1) is 13.2 Å². The molecule has 2 aromatic rings. The number of hydrazine groups is 1. The fourth-order valence-electron chi connectivity index (χ4n) is 3.83. The first-order valence-corrected chi connectivity index (χ1v) is 21.2. The Bertz CT molecular complexity index is 1170. The van der Waals surface area contributed by atoms with E-state index in [-0.39, 0.29) is 32.5 Å². The van der Waals surface area contributed by atoms with Gasteiger partial charge in [-0.25, -0.2) is 20.0 Å². The molecule has 0 aliphatic heterocycles. The van der Waals surface area contributed by atoms with Crippen LogP contribution in [0.5, 0.6) is 0 Å². The lowest BCUT2D eigenvalue weighted by Crippen LogP contribution is -2.55. The Morgan fingerprint density at radius 1 is 0.850 bits per heavy atom. The Morgan fingerprint density at radius 3 is 2.05 bits per heavy atom. The normalized spacial score (nSPS) is 12.4. The number of carboxylic acid groups (broad SMARTS) is 1. The van der Waals surface area contributed by atoms with Crippen LogP contribution in [0.25, 0.3) is 10.8 Å². The molecule has 0 saturated heterocycles. The molecule has 0 unspecified atom stereocenters. The number of benzene rings is 2. The van der Waals surface area contributed by atoms with E-state index in [9.17, 15) is 24.3 Å². The number of hydrogen-bond acceptors (Lipinski definition) is 6. The average Bonchev–Trinajstić information content (AvgIpc) is 2.84. The van der Waals surface area contributed by atoms with Gasteiger partial charge in [-0.15, -0.1) is 0 Å². The molecule has 0 bridgehead atoms. The number of ether oxygens (including phenoxy) is 2. The first-order valence-electron chi connectivity index (χ1n) is 13.8. The zero-order valence-electron chi connectivity index (χ0n) is 24.6. The molecule has 0 radical (unpaired) electrons. The molecular formula is C29H44N2O7Si2. The van der Waals surface area contributed by atoms with E-state index in [4.69, 9.17) is 9.47 Å². The van der Waals surface area contributed by atoms with E-state index >= 15 is 0 Å². The molecule has 11 heteroatoms. The van der Waals surface area contributed by atoms with Gasteiger partial charge < -0.3 is 14.6 Å². The van der Waals surface area contributed by atoms with Crippen molar-refractivity contribution in [1.29, 1.82) is 0 Å². The fraction of sp³-hybridized carbons (Fsp3) is 0.517. The number of nitrogens with zero attached hydrogens (tertiary/aromatic N) is 1. The monoisotopic (exact) mass is 588 g/mol. The van der Waals surface area contributed by atoms with Gasteiger partial charge in [-0.05, 0) is 41.3 Å². The SMILES string of the molecule is C[Si](C)(C)CCOC(=O)NN(C(=O)CCc1ccc2ccccc2c1)[C@@H](CCC(=O)O)C(=O)OCC[Si](C)(C)C. The molecule has 2 N–H and O–H groups in total. The first kappa shape index (κ1) is 33.0. The van der Waals surface area contributed by atoms with Crippen LogP contribution in [0.3, 0.4) is 0 Å². The number of carbonyl (C=O) groups is 4. The molecule has 0 aliphatic carbocycles. The number of amides is 2. The minimum Gasteiger partial charge on any atom is -0.481 e. The second-order valence-electron chi connectivity index (χ2n) is 12.4. The summed E-state index contributed by atoms with van der Waals surface area (Å²) >= 11 is 0. The van der Waals surface area contributed by atoms with E-state index in [1.165, 1.54) is 0 Å². The Morgan fingerprint density at radius 2 is 1.45 bits per heavy atom. The lowest BCUT2D eigenvalue weighted by atomic mass is 10.0. The molecule has 1 atom stereocenters. The Hall–Kier alpha value is -3.19. The number of carbonyl (C=O) groups excluding carboxylic acids is 3. The van der Waals surface area contributed by atoms with Crippen LogP contribution in [-0.4, -0.2) is 69.5 Å². The standard InChI is InChI=1S/C29H44N2O7Si2/c1-39(2,3)19-17-37-28(35)25(14-16-27(33)34)31(30-29(36)38-18-20-40(4,5)6)26(32)15-12-22-11-13-23-9-7-8-10-24(23)21-22/h7-11,13,21,25H,12,14-20H2,1-6H3,(H,30,36)(H,33,34)/t25-/m0/s1. The summed E-state index contributed by atoms with van der Waals surface area (Å²) in [6, 6.07) is 14.0. The number of nitrogens with one attached hydrogen (secondary N) is 1. The van der Waals surface area contributed by atoms with Crippen LogP contribution in [0, 0.1) is 0 Å². The van der Waals surface area contributed by atoms with Crippen LogP contribution in [0.2, 0.25) is 51.4 Å². The predicted molar refractivity (Wildman–Crippen MR) is 162 cm³/mol. The third kappa shape index (κ3) is 12.3. The number of esters is 1. The van der Waals surface area contributed by atoms with Crippen LogP contribution in [0.1, 0.15) is 24.8 Å². The number of carboxylic acids is 1. The average molecular weight is 589 g/mol. The van der Waals surface area contributed by atoms with Gasteiger partial charge in [-0.2, -0.15) is 0 Å². The highest BCUT2D eigenvalue weighted by molar-refractivity contribution is 6.76. The van der Waals surface area contributed by atoms with Gasteiger partial charge in [0.2, 0.25) is 5.91 Å². The van der Waals surface area contributed by atoms with E-state index in [0.29, 0.717) is 12.5 Å². The number of fused-ring (bicyclic) bond motifs is 1. The number of hydrogen-bond donors (Lipinski definition) is 2. The zero-order valence-corrected chi connectivity index (χ0v) is 26.6. The molecule has 0 aromatic heterocycles. The molecule has 0 spiro atoms. The second-order valence-corrected chi connectivity index (χ2v) is 23.7. The van der Waals surface area contributed by atoms with Crippen LogP contribution < -0.4 is 5.43 Å². The minimum atomic E-state index is -1.51. The summed E-state index contributed by atoms with van der Waals surface area (Å²) in [6.45, 7) is 13.2. The fourth-order valence-corrected chi connectivity index (χ4v) is 5.26. The topological polar surface area (TPSA) is 122 Å². The highest BCUT2D eigenvalue weighted by atomic mass is 28.3. The second kappa shape index (κ2) is 15.0. The lowest BCUT2D eigenvalue weighted by molar-refractivity contribution is -0.158. The van der Waals surface area contributed by atoms with Crippen molar-refractivity contribution in [1.82, 2.24) is 10.4 Å². The van der Waals surface area contributed by atoms with E-state index in [2.05, 4.69) is 44.7 Å². The predicted octanol–water partition coefficient (Wildman–Crippen LogP) is 5.70. The van der Waals surface area contributed by atoms with E-state index in [1.54, 1.807) is 0 Å². The van der Waals surface area contributed by atoms with Crippen molar-refractivity contribution in [3.8, 4) is 0 Å². The number of aliphatic carboxylic acids is 1. The quantitative estimate of drug-likeness (QED) is 0.165. The van der Waals surface area contributed by atoms with Crippen molar-refractivity contribution in [2.75, 3.05) is 13.2 Å². The highest BCUT2D eigenvalue weighted by Gasteiger charge is 2.34. The summed E-state index contributed by atoms with van der Waals surface area (Å²) in [5.74, 6) is -2.41. The van der Waals surface area contributed by atoms with Gasteiger partial charge in [0.25, 0.3) is 0 Å². The van der Waals surface area contributed by atoms with Gasteiger partial charge in [0.15, 0.2) is 6.04 Å². The van der Waals surface area contributed by atoms with Crippen LogP contribution >= 0.6 is 0 Å². The molecule has 0 fully saturated rings. The third-order valence-electron chi connectivity index (χ3n) is 6.32. The summed E-state index contributed by atoms with van der Waals surface area (Å²) in [5, 5.41) is 12.3. The molecule has 220 valence electrons. The van der Waals surface area contributed by atoms with Crippen molar-refractivity contribution in [2.45, 2.75) is 83.1 Å². The largest absolute Gasteiger partial charge is 0.481 e. The van der Waals surface area contributed by atoms with Gasteiger partial charge in [0.1, 0.15) is 0 Å². The zero-order chi connectivity index (χ0) is 29.9. The van der Waals surface area contributed by atoms with Crippen molar-refractivity contribution >= 4 is 50.9 Å². The molecule has 2 amide bonds. The molecule has 2 aromatic carbocycles. The van der Waals surface area contributed by atoms with Gasteiger partial charge in [0, 0.05) is 29.0 Å². The molecule has 0 heterocycles. The van der Waals surface area contributed by atoms with E-state index < -0.39 is 46.1 Å². The Balaban J connectivity index is 2.23. The minimum absolute atomic E-state index is 0.0146. The third-order valence-corrected chi connectivity index (χ3v) is 9.73. The van der Waals surface area contributed by atoms with Crippen molar-refractivity contribution in [2.24, 2.45) is 0 Å². The van der Waals surface area contributed by atoms with Crippen molar-refractivity contribution in [3.05, 3.63) is 48.0 Å². The summed E-state index contributed by atoms with van der Waals surface area (Å²) in [6.07, 6.45) is -1.11. The summed E-state index contributed by atoms with van der Waals surface area (Å²) in [5.41, 5.74) is 3.35. The molecule has 0 saturated carbocycles. The Kier molecular flexibility index (Phi) is 12.4. The molecular weight excluding hydrogens is 544 g/mol. The van der Waals surface area contributed by atoms with E-state index in [1.807, 2.05) is 42.5 Å². The number of rotatable bonds is 14. The van der Waals surface area contributed by atoms with Gasteiger partial charge >= 0.3 is 18.0 Å². The first-order chi connectivity index (χ1) is 18.6. The number of aryl methyl sites for hydroxylation is 1. The molecule has 40 heavy (non-hydrogen) atoms. The Labute approximate surface area is 239 Å². The van der Waals surface area contributed by atoms with Crippen LogP contribution in [0.4, 0.5) is 4.79 Å². The molecule has 9 nitrogen and oxygen atoms in total. The smallest absolute Gasteiger partial charge is 0.426 e. The maximum Gasteiger partial charge on any atom is 0.426 e. The molecule has 2 rings (SSSR count). The summed E-state index contributed by atoms with van der Waals surface area (Å²) in [7, 11) is -2.98. The van der Waals surface area contributed by atoms with Gasteiger partial charge in [-0.3, -0.25) is 9.59 Å². The van der Waals surface area contributed by atoms with Gasteiger partial charge in [-0.1, -0.05) is 81.7 Å². The summed E-state index contributed by atoms with van der Waals surface area (Å²) in [4.78, 5) is 50.7. The molecule has 0 aliphatic rings. The maximum absolute atomic E-state index is 13.5. The lowest BCUT2D eigenvalue weighted by Gasteiger charge is -2.30. The highest BCUT2D eigenvalue weighted by Crippen LogP contribution is 2.18. The summed E-state index contributed by atoms with van der Waals surface area (Å²) < 4.78 is 10.8. The maximum atomic E-state index is 13.5. The van der Waals surface area contributed by atoms with Crippen molar-refractivity contribution in [3.63, 3.8) is 0 Å². The van der Waals surface area contributed by atoms with Crippen LogP contribution in [0.15, 0.2) is 42.5 Å². The van der Waals surface area contributed by atoms with Crippen molar-refractivity contribution < 1.29 is 33.8 Å². The van der Waals surface area contributed by atoms with Crippen LogP contribution in [-0.2, 0) is 30.3 Å². The van der Waals surface area contributed by atoms with E-state index in [0.717, 1.165) is 27.4 Å².